The third-order valence-electron chi connectivity index (χ3n) is 4.91. The number of aromatic nitrogens is 2. The van der Waals surface area contributed by atoms with Crippen molar-refractivity contribution < 1.29 is 0 Å². The Labute approximate surface area is 179 Å². The number of benzene rings is 2. The van der Waals surface area contributed by atoms with Gasteiger partial charge < -0.3 is 4.57 Å². The van der Waals surface area contributed by atoms with Crippen molar-refractivity contribution in [3.05, 3.63) is 108 Å². The highest BCUT2D eigenvalue weighted by molar-refractivity contribution is 5.69. The molecule has 0 aliphatic rings. The number of allylic oxidation sites excluding steroid dienone is 6. The molecule has 3 aromatic rings. The van der Waals surface area contributed by atoms with E-state index in [9.17, 15) is 5.26 Å². The SMILES string of the molecule is C/C=C\C(=C/C=C(C)C)CCc1cc(C#N)ccc1-c1ccc(-n2ccnc2)cc1. The predicted octanol–water partition coefficient (Wildman–Crippen LogP) is 6.81. The van der Waals surface area contributed by atoms with Crippen molar-refractivity contribution in [3.8, 4) is 22.9 Å². The first-order valence-corrected chi connectivity index (χ1v) is 10.2. The summed E-state index contributed by atoms with van der Waals surface area (Å²) in [5, 5.41) is 9.38. The molecule has 0 amide bonds. The lowest BCUT2D eigenvalue weighted by Crippen LogP contribution is -1.95. The molecule has 0 fully saturated rings. The molecule has 3 heteroatoms. The first-order chi connectivity index (χ1) is 14.6. The topological polar surface area (TPSA) is 41.6 Å². The van der Waals surface area contributed by atoms with Gasteiger partial charge in [0, 0.05) is 18.1 Å². The van der Waals surface area contributed by atoms with E-state index in [2.05, 4.69) is 79.5 Å². The molecule has 0 saturated carbocycles. The number of hydrogen-bond donors (Lipinski definition) is 0. The molecule has 0 radical (unpaired) electrons. The van der Waals surface area contributed by atoms with Crippen LogP contribution in [0.25, 0.3) is 16.8 Å². The molecule has 150 valence electrons. The predicted molar refractivity (Wildman–Crippen MR) is 124 cm³/mol. The van der Waals surface area contributed by atoms with E-state index in [1.165, 1.54) is 22.3 Å². The Balaban J connectivity index is 1.90. The third kappa shape index (κ3) is 5.46. The molecule has 0 unspecified atom stereocenters. The summed E-state index contributed by atoms with van der Waals surface area (Å²) in [7, 11) is 0. The van der Waals surface area contributed by atoms with Gasteiger partial charge in [-0.05, 0) is 80.1 Å². The zero-order chi connectivity index (χ0) is 21.3. The van der Waals surface area contributed by atoms with Crippen LogP contribution in [0.15, 0.2) is 96.6 Å². The maximum absolute atomic E-state index is 9.38. The highest BCUT2D eigenvalue weighted by atomic mass is 15.0. The van der Waals surface area contributed by atoms with Gasteiger partial charge in [0.15, 0.2) is 0 Å². The summed E-state index contributed by atoms with van der Waals surface area (Å²) in [5.41, 5.74) is 7.85. The molecule has 0 atom stereocenters. The maximum Gasteiger partial charge on any atom is 0.0991 e. The van der Waals surface area contributed by atoms with Gasteiger partial charge in [-0.1, -0.05) is 48.1 Å². The summed E-state index contributed by atoms with van der Waals surface area (Å²) < 4.78 is 1.99. The minimum atomic E-state index is 0.699. The summed E-state index contributed by atoms with van der Waals surface area (Å²) in [6.07, 6.45) is 15.9. The van der Waals surface area contributed by atoms with Gasteiger partial charge >= 0.3 is 0 Å². The monoisotopic (exact) mass is 393 g/mol. The van der Waals surface area contributed by atoms with Crippen molar-refractivity contribution in [3.63, 3.8) is 0 Å². The molecule has 3 rings (SSSR count). The second-order valence-corrected chi connectivity index (χ2v) is 7.49. The second kappa shape index (κ2) is 10.2. The second-order valence-electron chi connectivity index (χ2n) is 7.49. The van der Waals surface area contributed by atoms with Crippen LogP contribution in [0.1, 0.15) is 38.3 Å². The molecule has 0 bridgehead atoms. The summed E-state index contributed by atoms with van der Waals surface area (Å²) in [6.45, 7) is 6.25. The van der Waals surface area contributed by atoms with Crippen LogP contribution in [0.5, 0.6) is 0 Å². The van der Waals surface area contributed by atoms with E-state index in [0.717, 1.165) is 24.1 Å². The summed E-state index contributed by atoms with van der Waals surface area (Å²) in [4.78, 5) is 4.11. The molecule has 1 heterocycles. The van der Waals surface area contributed by atoms with E-state index >= 15 is 0 Å². The van der Waals surface area contributed by atoms with Gasteiger partial charge in [0.05, 0.1) is 18.0 Å². The van der Waals surface area contributed by atoms with Crippen LogP contribution in [0.3, 0.4) is 0 Å². The van der Waals surface area contributed by atoms with Crippen molar-refractivity contribution in [2.45, 2.75) is 33.6 Å². The van der Waals surface area contributed by atoms with Crippen LogP contribution < -0.4 is 0 Å². The van der Waals surface area contributed by atoms with Gasteiger partial charge in [0.1, 0.15) is 0 Å². The molecule has 30 heavy (non-hydrogen) atoms. The molecule has 0 aliphatic carbocycles. The van der Waals surface area contributed by atoms with Crippen molar-refractivity contribution >= 4 is 0 Å². The summed E-state index contributed by atoms with van der Waals surface area (Å²) >= 11 is 0. The fourth-order valence-electron chi connectivity index (χ4n) is 3.37. The van der Waals surface area contributed by atoms with E-state index in [1.807, 2.05) is 29.8 Å². The number of hydrogen-bond acceptors (Lipinski definition) is 2. The number of aryl methyl sites for hydroxylation is 1. The van der Waals surface area contributed by atoms with E-state index in [-0.39, 0.29) is 0 Å². The van der Waals surface area contributed by atoms with Crippen LogP contribution in [0.4, 0.5) is 0 Å². The molecule has 2 aromatic carbocycles. The van der Waals surface area contributed by atoms with Gasteiger partial charge in [0.25, 0.3) is 0 Å². The largest absolute Gasteiger partial charge is 0.306 e. The fraction of sp³-hybridized carbons (Fsp3) is 0.185. The Hall–Kier alpha value is -3.64. The highest BCUT2D eigenvalue weighted by Crippen LogP contribution is 2.28. The number of rotatable bonds is 7. The van der Waals surface area contributed by atoms with Gasteiger partial charge in [0.2, 0.25) is 0 Å². The fourth-order valence-corrected chi connectivity index (χ4v) is 3.37. The van der Waals surface area contributed by atoms with Crippen LogP contribution >= 0.6 is 0 Å². The van der Waals surface area contributed by atoms with Crippen molar-refractivity contribution in [1.82, 2.24) is 9.55 Å². The lowest BCUT2D eigenvalue weighted by Gasteiger charge is -2.12. The van der Waals surface area contributed by atoms with Crippen LogP contribution in [0, 0.1) is 11.3 Å². The number of nitriles is 1. The smallest absolute Gasteiger partial charge is 0.0991 e. The van der Waals surface area contributed by atoms with Gasteiger partial charge in [-0.15, -0.1) is 0 Å². The van der Waals surface area contributed by atoms with Gasteiger partial charge in [-0.3, -0.25) is 0 Å². The first kappa shape index (κ1) is 21.1. The molecule has 1 aromatic heterocycles. The molecule has 0 spiro atoms. The highest BCUT2D eigenvalue weighted by Gasteiger charge is 2.08. The minimum absolute atomic E-state index is 0.699. The number of imidazole rings is 1. The molecule has 0 aliphatic heterocycles. The maximum atomic E-state index is 9.38. The molecule has 3 nitrogen and oxygen atoms in total. The Morgan fingerprint density at radius 1 is 1.10 bits per heavy atom. The zero-order valence-corrected chi connectivity index (χ0v) is 17.8. The average molecular weight is 394 g/mol. The van der Waals surface area contributed by atoms with E-state index in [4.69, 9.17) is 0 Å². The average Bonchev–Trinajstić information content (AvgIpc) is 3.30. The van der Waals surface area contributed by atoms with Crippen molar-refractivity contribution in [2.24, 2.45) is 0 Å². The lowest BCUT2D eigenvalue weighted by molar-refractivity contribution is 0.965. The first-order valence-electron chi connectivity index (χ1n) is 10.2. The van der Waals surface area contributed by atoms with Crippen LogP contribution in [-0.4, -0.2) is 9.55 Å². The standard InChI is InChI=1S/C27H27N3/c1-4-5-22(7-6-21(2)3)8-10-25-18-23(19-28)9-15-27(25)24-11-13-26(14-12-24)30-17-16-29-20-30/h4-7,9,11-18,20H,8,10H2,1-3H3/b5-4-,22-7+. The Morgan fingerprint density at radius 2 is 1.90 bits per heavy atom. The third-order valence-corrected chi connectivity index (χ3v) is 4.91. The summed E-state index contributed by atoms with van der Waals surface area (Å²) in [6, 6.07) is 16.7. The van der Waals surface area contributed by atoms with Crippen LogP contribution in [-0.2, 0) is 6.42 Å². The van der Waals surface area contributed by atoms with E-state index < -0.39 is 0 Å². The van der Waals surface area contributed by atoms with E-state index in [1.54, 1.807) is 12.5 Å². The molecular formula is C27H27N3. The van der Waals surface area contributed by atoms with Crippen molar-refractivity contribution in [1.29, 1.82) is 5.26 Å². The Kier molecular flexibility index (Phi) is 7.19. The molecule has 0 N–H and O–H groups in total. The quantitative estimate of drug-likeness (QED) is 0.414. The lowest BCUT2D eigenvalue weighted by atomic mass is 9.93. The van der Waals surface area contributed by atoms with E-state index in [0.29, 0.717) is 5.56 Å². The summed E-state index contributed by atoms with van der Waals surface area (Å²) in [5.74, 6) is 0. The van der Waals surface area contributed by atoms with Crippen LogP contribution in [0.2, 0.25) is 0 Å². The normalized spacial score (nSPS) is 11.5. The molecular weight excluding hydrogens is 366 g/mol. The van der Waals surface area contributed by atoms with Crippen molar-refractivity contribution in [2.75, 3.05) is 0 Å². The van der Waals surface area contributed by atoms with Gasteiger partial charge in [-0.25, -0.2) is 4.98 Å². The Bertz CT molecular complexity index is 1100. The zero-order valence-electron chi connectivity index (χ0n) is 17.8. The number of nitrogens with zero attached hydrogens (tertiary/aromatic N) is 3. The minimum Gasteiger partial charge on any atom is -0.306 e. The Morgan fingerprint density at radius 3 is 2.53 bits per heavy atom. The van der Waals surface area contributed by atoms with Gasteiger partial charge in [-0.2, -0.15) is 5.26 Å². The molecule has 0 saturated heterocycles.